The molecular formula is C15H20F3NO. The highest BCUT2D eigenvalue weighted by atomic mass is 19.4. The summed E-state index contributed by atoms with van der Waals surface area (Å²) in [6.45, 7) is 2.73. The van der Waals surface area contributed by atoms with E-state index in [2.05, 4.69) is 5.32 Å². The second kappa shape index (κ2) is 6.48. The van der Waals surface area contributed by atoms with Gasteiger partial charge in [0, 0.05) is 12.6 Å². The Bertz CT molecular complexity index is 429. The lowest BCUT2D eigenvalue weighted by atomic mass is 10.2. The quantitative estimate of drug-likeness (QED) is 0.818. The zero-order valence-corrected chi connectivity index (χ0v) is 11.5. The van der Waals surface area contributed by atoms with Crippen LogP contribution in [-0.2, 0) is 6.18 Å². The van der Waals surface area contributed by atoms with E-state index in [1.807, 2.05) is 6.92 Å². The first-order valence-corrected chi connectivity index (χ1v) is 7.06. The van der Waals surface area contributed by atoms with Crippen LogP contribution in [-0.4, -0.2) is 18.7 Å². The van der Waals surface area contributed by atoms with Gasteiger partial charge < -0.3 is 10.1 Å². The van der Waals surface area contributed by atoms with Gasteiger partial charge in [-0.15, -0.1) is 0 Å². The molecule has 1 saturated carbocycles. The van der Waals surface area contributed by atoms with Crippen molar-refractivity contribution in [2.45, 2.75) is 50.9 Å². The van der Waals surface area contributed by atoms with Gasteiger partial charge >= 0.3 is 6.18 Å². The van der Waals surface area contributed by atoms with Crippen molar-refractivity contribution in [2.24, 2.45) is 0 Å². The Kier molecular flexibility index (Phi) is 4.91. The van der Waals surface area contributed by atoms with Gasteiger partial charge in [-0.1, -0.05) is 19.4 Å². The maximum absolute atomic E-state index is 12.6. The molecule has 1 aromatic carbocycles. The molecule has 1 fully saturated rings. The molecule has 0 bridgehead atoms. The normalized spacial score (nSPS) is 17.0. The fraction of sp³-hybridized carbons (Fsp3) is 0.600. The maximum Gasteiger partial charge on any atom is 0.416 e. The van der Waals surface area contributed by atoms with Crippen LogP contribution in [0.25, 0.3) is 0 Å². The smallest absolute Gasteiger partial charge is 0.416 e. The summed E-state index contributed by atoms with van der Waals surface area (Å²) >= 11 is 0. The summed E-state index contributed by atoms with van der Waals surface area (Å²) in [7, 11) is 0. The Morgan fingerprint density at radius 2 is 2.10 bits per heavy atom. The molecule has 1 aliphatic rings. The molecule has 0 spiro atoms. The fourth-order valence-electron chi connectivity index (χ4n) is 2.05. The molecular weight excluding hydrogens is 267 g/mol. The summed E-state index contributed by atoms with van der Waals surface area (Å²) in [5, 5.41) is 3.36. The molecule has 112 valence electrons. The summed E-state index contributed by atoms with van der Waals surface area (Å²) in [6.07, 6.45) is -0.271. The third-order valence-corrected chi connectivity index (χ3v) is 3.29. The van der Waals surface area contributed by atoms with Crippen LogP contribution >= 0.6 is 0 Å². The monoisotopic (exact) mass is 287 g/mol. The van der Waals surface area contributed by atoms with Crippen molar-refractivity contribution < 1.29 is 17.9 Å². The van der Waals surface area contributed by atoms with Crippen LogP contribution in [0, 0.1) is 0 Å². The average molecular weight is 287 g/mol. The third-order valence-electron chi connectivity index (χ3n) is 3.29. The number of ether oxygens (including phenoxy) is 1. The van der Waals surface area contributed by atoms with Gasteiger partial charge in [-0.3, -0.25) is 0 Å². The van der Waals surface area contributed by atoms with Gasteiger partial charge in [0.25, 0.3) is 0 Å². The number of hydrogen-bond acceptors (Lipinski definition) is 2. The van der Waals surface area contributed by atoms with E-state index in [0.29, 0.717) is 12.6 Å². The van der Waals surface area contributed by atoms with Crippen molar-refractivity contribution in [1.29, 1.82) is 0 Å². The summed E-state index contributed by atoms with van der Waals surface area (Å²) in [5.41, 5.74) is -0.666. The van der Waals surface area contributed by atoms with E-state index in [0.717, 1.165) is 25.0 Å². The third kappa shape index (κ3) is 4.71. The van der Waals surface area contributed by atoms with E-state index in [4.69, 9.17) is 4.74 Å². The minimum absolute atomic E-state index is 0.0796. The summed E-state index contributed by atoms with van der Waals surface area (Å²) in [5.74, 6) is 0.288. The van der Waals surface area contributed by atoms with Crippen LogP contribution in [0.3, 0.4) is 0 Å². The first-order valence-electron chi connectivity index (χ1n) is 7.06. The topological polar surface area (TPSA) is 21.3 Å². The molecule has 0 aliphatic heterocycles. The van der Waals surface area contributed by atoms with Crippen LogP contribution in [0.4, 0.5) is 13.2 Å². The molecule has 0 saturated heterocycles. The van der Waals surface area contributed by atoms with Crippen molar-refractivity contribution >= 4 is 0 Å². The second-order valence-corrected chi connectivity index (χ2v) is 5.24. The van der Waals surface area contributed by atoms with E-state index in [-0.39, 0.29) is 11.9 Å². The Balaban J connectivity index is 1.97. The van der Waals surface area contributed by atoms with E-state index < -0.39 is 11.7 Å². The predicted octanol–water partition coefficient (Wildman–Crippen LogP) is 4.00. The average Bonchev–Trinajstić information content (AvgIpc) is 3.20. The highest BCUT2D eigenvalue weighted by Gasteiger charge is 2.30. The van der Waals surface area contributed by atoms with Gasteiger partial charge in [-0.05, 0) is 37.5 Å². The second-order valence-electron chi connectivity index (χ2n) is 5.24. The summed E-state index contributed by atoms with van der Waals surface area (Å²) in [4.78, 5) is 0. The van der Waals surface area contributed by atoms with E-state index in [1.54, 1.807) is 6.07 Å². The number of benzene rings is 1. The number of alkyl halides is 3. The lowest BCUT2D eigenvalue weighted by Crippen LogP contribution is -2.32. The standard InChI is InChI=1S/C15H20F3NO/c1-2-4-14(10-19-12-7-8-12)20-13-6-3-5-11(9-13)15(16,17)18/h3,5-6,9,12,14,19H,2,4,7-8,10H2,1H3. The van der Waals surface area contributed by atoms with E-state index in [9.17, 15) is 13.2 Å². The number of hydrogen-bond donors (Lipinski definition) is 1. The van der Waals surface area contributed by atoms with Crippen molar-refractivity contribution in [1.82, 2.24) is 5.32 Å². The van der Waals surface area contributed by atoms with Crippen molar-refractivity contribution in [3.63, 3.8) is 0 Å². The van der Waals surface area contributed by atoms with E-state index >= 15 is 0 Å². The van der Waals surface area contributed by atoms with Gasteiger partial charge in [-0.25, -0.2) is 0 Å². The minimum atomic E-state index is -4.33. The van der Waals surface area contributed by atoms with Crippen LogP contribution in [0.2, 0.25) is 0 Å². The summed E-state index contributed by atoms with van der Waals surface area (Å²) in [6, 6.07) is 5.66. The molecule has 0 radical (unpaired) electrons. The zero-order valence-electron chi connectivity index (χ0n) is 11.5. The number of halogens is 3. The van der Waals surface area contributed by atoms with E-state index in [1.165, 1.54) is 18.9 Å². The largest absolute Gasteiger partial charge is 0.489 e. The maximum atomic E-state index is 12.6. The Morgan fingerprint density at radius 1 is 1.35 bits per heavy atom. The number of rotatable bonds is 7. The number of nitrogens with one attached hydrogen (secondary N) is 1. The van der Waals surface area contributed by atoms with Crippen LogP contribution in [0.1, 0.15) is 38.2 Å². The molecule has 2 nitrogen and oxygen atoms in total. The molecule has 1 N–H and O–H groups in total. The molecule has 1 atom stereocenters. The van der Waals surface area contributed by atoms with Gasteiger partial charge in [0.1, 0.15) is 11.9 Å². The highest BCUT2D eigenvalue weighted by Crippen LogP contribution is 2.31. The zero-order chi connectivity index (χ0) is 14.6. The molecule has 2 rings (SSSR count). The Hall–Kier alpha value is -1.23. The van der Waals surface area contributed by atoms with Gasteiger partial charge in [-0.2, -0.15) is 13.2 Å². The molecule has 1 aromatic rings. The molecule has 0 amide bonds. The Morgan fingerprint density at radius 3 is 2.70 bits per heavy atom. The van der Waals surface area contributed by atoms with Crippen molar-refractivity contribution in [3.8, 4) is 5.75 Å². The molecule has 1 aliphatic carbocycles. The molecule has 5 heteroatoms. The van der Waals surface area contributed by atoms with Crippen LogP contribution < -0.4 is 10.1 Å². The highest BCUT2D eigenvalue weighted by molar-refractivity contribution is 5.30. The van der Waals surface area contributed by atoms with Crippen LogP contribution in [0.15, 0.2) is 24.3 Å². The minimum Gasteiger partial charge on any atom is -0.489 e. The summed E-state index contributed by atoms with van der Waals surface area (Å²) < 4.78 is 43.6. The predicted molar refractivity (Wildman–Crippen MR) is 71.8 cm³/mol. The lowest BCUT2D eigenvalue weighted by Gasteiger charge is -2.20. The first kappa shape index (κ1) is 15.2. The first-order chi connectivity index (χ1) is 9.49. The van der Waals surface area contributed by atoms with Crippen molar-refractivity contribution in [2.75, 3.05) is 6.54 Å². The molecule has 0 aromatic heterocycles. The SMILES string of the molecule is CCCC(CNC1CC1)Oc1cccc(C(F)(F)F)c1. The van der Waals surface area contributed by atoms with Crippen molar-refractivity contribution in [3.05, 3.63) is 29.8 Å². The van der Waals surface area contributed by atoms with Gasteiger partial charge in [0.15, 0.2) is 0 Å². The van der Waals surface area contributed by atoms with Gasteiger partial charge in [0.05, 0.1) is 5.56 Å². The molecule has 0 heterocycles. The fourth-order valence-corrected chi connectivity index (χ4v) is 2.05. The molecule has 1 unspecified atom stereocenters. The van der Waals surface area contributed by atoms with Crippen LogP contribution in [0.5, 0.6) is 5.75 Å². The lowest BCUT2D eigenvalue weighted by molar-refractivity contribution is -0.137. The Labute approximate surface area is 117 Å². The molecule has 20 heavy (non-hydrogen) atoms. The van der Waals surface area contributed by atoms with Gasteiger partial charge in [0.2, 0.25) is 0 Å².